The maximum absolute atomic E-state index is 12.1. The van der Waals surface area contributed by atoms with E-state index >= 15 is 0 Å². The molecule has 8 heteroatoms. The minimum atomic E-state index is -0.440. The SMILES string of the molecule is O=C(CNC(=O)c1ccc(Cl)cc1Cl)Nc1ccc(N2CCCC2)nc1. The third kappa shape index (κ3) is 4.65. The van der Waals surface area contributed by atoms with Gasteiger partial charge in [-0.3, -0.25) is 9.59 Å². The number of anilines is 2. The van der Waals surface area contributed by atoms with Crippen molar-refractivity contribution in [1.82, 2.24) is 10.3 Å². The Labute approximate surface area is 161 Å². The normalized spacial score (nSPS) is 13.5. The number of nitrogens with one attached hydrogen (secondary N) is 2. The molecular formula is C18H18Cl2N4O2. The lowest BCUT2D eigenvalue weighted by Crippen LogP contribution is -2.33. The number of carbonyl (C=O) groups is 2. The summed E-state index contributed by atoms with van der Waals surface area (Å²) in [5.74, 6) is 0.120. The van der Waals surface area contributed by atoms with E-state index in [0.717, 1.165) is 18.9 Å². The van der Waals surface area contributed by atoms with Crippen LogP contribution in [0, 0.1) is 0 Å². The molecule has 0 saturated carbocycles. The van der Waals surface area contributed by atoms with E-state index in [1.54, 1.807) is 18.3 Å². The number of amides is 2. The first-order chi connectivity index (χ1) is 12.5. The lowest BCUT2D eigenvalue weighted by molar-refractivity contribution is -0.115. The smallest absolute Gasteiger partial charge is 0.253 e. The molecule has 1 aromatic carbocycles. The molecule has 0 spiro atoms. The molecule has 0 aliphatic carbocycles. The van der Waals surface area contributed by atoms with Gasteiger partial charge in [0.25, 0.3) is 5.91 Å². The number of rotatable bonds is 5. The summed E-state index contributed by atoms with van der Waals surface area (Å²) in [7, 11) is 0. The summed E-state index contributed by atoms with van der Waals surface area (Å²) in [5, 5.41) is 5.90. The minimum absolute atomic E-state index is 0.175. The predicted molar refractivity (Wildman–Crippen MR) is 103 cm³/mol. The predicted octanol–water partition coefficient (Wildman–Crippen LogP) is 3.36. The molecule has 26 heavy (non-hydrogen) atoms. The molecule has 3 rings (SSSR count). The molecule has 0 bridgehead atoms. The Morgan fingerprint density at radius 1 is 1.12 bits per heavy atom. The average molecular weight is 393 g/mol. The molecule has 1 saturated heterocycles. The van der Waals surface area contributed by atoms with E-state index in [2.05, 4.69) is 20.5 Å². The Kier molecular flexibility index (Phi) is 5.96. The van der Waals surface area contributed by atoms with Gasteiger partial charge < -0.3 is 15.5 Å². The average Bonchev–Trinajstić information content (AvgIpc) is 3.15. The number of hydrogen-bond acceptors (Lipinski definition) is 4. The van der Waals surface area contributed by atoms with Crippen LogP contribution in [0.3, 0.4) is 0 Å². The molecule has 0 radical (unpaired) electrons. The van der Waals surface area contributed by atoms with Crippen LogP contribution in [0.4, 0.5) is 11.5 Å². The van der Waals surface area contributed by atoms with Gasteiger partial charge >= 0.3 is 0 Å². The third-order valence-corrected chi connectivity index (χ3v) is 4.59. The van der Waals surface area contributed by atoms with Gasteiger partial charge in [-0.25, -0.2) is 4.98 Å². The van der Waals surface area contributed by atoms with Crippen LogP contribution < -0.4 is 15.5 Å². The molecule has 1 aliphatic heterocycles. The molecular weight excluding hydrogens is 375 g/mol. The first-order valence-electron chi connectivity index (χ1n) is 8.27. The van der Waals surface area contributed by atoms with Crippen LogP contribution in [0.15, 0.2) is 36.5 Å². The Morgan fingerprint density at radius 3 is 2.54 bits per heavy atom. The number of nitrogens with zero attached hydrogens (tertiary/aromatic N) is 2. The van der Waals surface area contributed by atoms with E-state index in [4.69, 9.17) is 23.2 Å². The van der Waals surface area contributed by atoms with Crippen LogP contribution in [0.2, 0.25) is 10.0 Å². The van der Waals surface area contributed by atoms with Crippen LogP contribution in [-0.4, -0.2) is 36.4 Å². The number of hydrogen-bond donors (Lipinski definition) is 2. The molecule has 1 aromatic heterocycles. The highest BCUT2D eigenvalue weighted by Gasteiger charge is 2.14. The molecule has 1 aliphatic rings. The summed E-state index contributed by atoms with van der Waals surface area (Å²) in [5.41, 5.74) is 0.845. The van der Waals surface area contributed by atoms with Crippen LogP contribution >= 0.6 is 23.2 Å². The van der Waals surface area contributed by atoms with Crippen molar-refractivity contribution in [1.29, 1.82) is 0 Å². The fraction of sp³-hybridized carbons (Fsp3) is 0.278. The van der Waals surface area contributed by atoms with Crippen molar-refractivity contribution in [2.24, 2.45) is 0 Å². The van der Waals surface area contributed by atoms with Crippen LogP contribution in [0.1, 0.15) is 23.2 Å². The van der Waals surface area contributed by atoms with Crippen molar-refractivity contribution in [3.63, 3.8) is 0 Å². The van der Waals surface area contributed by atoms with Gasteiger partial charge in [0, 0.05) is 18.1 Å². The number of aromatic nitrogens is 1. The summed E-state index contributed by atoms with van der Waals surface area (Å²) >= 11 is 11.8. The third-order valence-electron chi connectivity index (χ3n) is 4.05. The summed E-state index contributed by atoms with van der Waals surface area (Å²) in [6.45, 7) is 1.85. The van der Waals surface area contributed by atoms with Gasteiger partial charge in [-0.1, -0.05) is 23.2 Å². The van der Waals surface area contributed by atoms with Crippen LogP contribution in [0.25, 0.3) is 0 Å². The van der Waals surface area contributed by atoms with Gasteiger partial charge in [0.1, 0.15) is 5.82 Å². The van der Waals surface area contributed by atoms with Gasteiger partial charge in [0.2, 0.25) is 5.91 Å². The van der Waals surface area contributed by atoms with Crippen LogP contribution in [0.5, 0.6) is 0 Å². The fourth-order valence-corrected chi connectivity index (χ4v) is 3.22. The zero-order valence-electron chi connectivity index (χ0n) is 14.0. The van der Waals surface area contributed by atoms with Crippen molar-refractivity contribution in [3.05, 3.63) is 52.1 Å². The second-order valence-electron chi connectivity index (χ2n) is 5.95. The Bertz CT molecular complexity index is 805. The topological polar surface area (TPSA) is 74.3 Å². The van der Waals surface area contributed by atoms with Crippen molar-refractivity contribution in [2.75, 3.05) is 29.9 Å². The highest BCUT2D eigenvalue weighted by molar-refractivity contribution is 6.36. The summed E-state index contributed by atoms with van der Waals surface area (Å²) in [4.78, 5) is 30.7. The van der Waals surface area contributed by atoms with E-state index < -0.39 is 5.91 Å². The molecule has 1 fully saturated rings. The summed E-state index contributed by atoms with van der Waals surface area (Å²) in [6, 6.07) is 8.24. The van der Waals surface area contributed by atoms with E-state index in [1.165, 1.54) is 25.0 Å². The number of halogens is 2. The van der Waals surface area contributed by atoms with Crippen molar-refractivity contribution < 1.29 is 9.59 Å². The molecule has 0 atom stereocenters. The molecule has 2 amide bonds. The number of pyridine rings is 1. The van der Waals surface area contributed by atoms with Gasteiger partial charge in [0.05, 0.1) is 29.0 Å². The minimum Gasteiger partial charge on any atom is -0.357 e. The standard InChI is InChI=1S/C18H18Cl2N4O2/c19-12-3-5-14(15(20)9-12)18(26)22-11-17(25)23-13-4-6-16(21-10-13)24-7-1-2-8-24/h3-6,9-10H,1-2,7-8,11H2,(H,22,26)(H,23,25). The maximum Gasteiger partial charge on any atom is 0.253 e. The Hall–Kier alpha value is -2.31. The lowest BCUT2D eigenvalue weighted by atomic mass is 10.2. The molecule has 2 N–H and O–H groups in total. The van der Waals surface area contributed by atoms with Crippen LogP contribution in [-0.2, 0) is 4.79 Å². The largest absolute Gasteiger partial charge is 0.357 e. The molecule has 6 nitrogen and oxygen atoms in total. The van der Waals surface area contributed by atoms with E-state index in [1.807, 2.05) is 6.07 Å². The maximum atomic E-state index is 12.1. The van der Waals surface area contributed by atoms with E-state index in [9.17, 15) is 9.59 Å². The molecule has 136 valence electrons. The van der Waals surface area contributed by atoms with Crippen molar-refractivity contribution in [3.8, 4) is 0 Å². The van der Waals surface area contributed by atoms with Gasteiger partial charge in [0.15, 0.2) is 0 Å². The Morgan fingerprint density at radius 2 is 1.88 bits per heavy atom. The van der Waals surface area contributed by atoms with E-state index in [0.29, 0.717) is 10.7 Å². The highest BCUT2D eigenvalue weighted by Crippen LogP contribution is 2.21. The lowest BCUT2D eigenvalue weighted by Gasteiger charge is -2.16. The van der Waals surface area contributed by atoms with Gasteiger partial charge in [-0.2, -0.15) is 0 Å². The molecule has 2 aromatic rings. The van der Waals surface area contributed by atoms with Crippen molar-refractivity contribution >= 4 is 46.5 Å². The monoisotopic (exact) mass is 392 g/mol. The second-order valence-corrected chi connectivity index (χ2v) is 6.80. The quantitative estimate of drug-likeness (QED) is 0.817. The van der Waals surface area contributed by atoms with Gasteiger partial charge in [-0.05, 0) is 43.2 Å². The fourth-order valence-electron chi connectivity index (χ4n) is 2.73. The van der Waals surface area contributed by atoms with Gasteiger partial charge in [-0.15, -0.1) is 0 Å². The second kappa shape index (κ2) is 8.38. The Balaban J connectivity index is 1.51. The molecule has 2 heterocycles. The molecule has 0 unspecified atom stereocenters. The first-order valence-corrected chi connectivity index (χ1v) is 9.02. The highest BCUT2D eigenvalue weighted by atomic mass is 35.5. The number of carbonyl (C=O) groups excluding carboxylic acids is 2. The zero-order chi connectivity index (χ0) is 18.5. The summed E-state index contributed by atoms with van der Waals surface area (Å²) < 4.78 is 0. The zero-order valence-corrected chi connectivity index (χ0v) is 15.5. The van der Waals surface area contributed by atoms with Crippen molar-refractivity contribution in [2.45, 2.75) is 12.8 Å². The number of benzene rings is 1. The van der Waals surface area contributed by atoms with E-state index in [-0.39, 0.29) is 23.0 Å². The first kappa shape index (κ1) is 18.5. The summed E-state index contributed by atoms with van der Waals surface area (Å²) in [6.07, 6.45) is 3.97.